The number of carbonyl (C=O) groups is 2. The van der Waals surface area contributed by atoms with Gasteiger partial charge in [0.1, 0.15) is 12.0 Å². The van der Waals surface area contributed by atoms with Gasteiger partial charge in [-0.2, -0.15) is 0 Å². The van der Waals surface area contributed by atoms with Crippen molar-refractivity contribution < 1.29 is 14.5 Å². The number of nitrogens with zero attached hydrogens (tertiary/aromatic N) is 2. The summed E-state index contributed by atoms with van der Waals surface area (Å²) >= 11 is 0. The summed E-state index contributed by atoms with van der Waals surface area (Å²) in [5, 5.41) is 15.9. The van der Waals surface area contributed by atoms with Gasteiger partial charge in [-0.1, -0.05) is 6.07 Å². The van der Waals surface area contributed by atoms with Gasteiger partial charge in [0.25, 0.3) is 11.6 Å². The van der Waals surface area contributed by atoms with Gasteiger partial charge in [0.15, 0.2) is 0 Å². The van der Waals surface area contributed by atoms with E-state index in [-0.39, 0.29) is 17.4 Å². The van der Waals surface area contributed by atoms with Crippen LogP contribution in [0.5, 0.6) is 0 Å². The van der Waals surface area contributed by atoms with E-state index in [9.17, 15) is 19.7 Å². The summed E-state index contributed by atoms with van der Waals surface area (Å²) in [6, 6.07) is 7.74. The Morgan fingerprint density at radius 1 is 1.22 bits per heavy atom. The van der Waals surface area contributed by atoms with Gasteiger partial charge in [-0.15, -0.1) is 0 Å². The normalized spacial score (nSPS) is 10.0. The minimum Gasteiger partial charge on any atom is -0.326 e. The predicted molar refractivity (Wildman–Crippen MR) is 84.3 cm³/mol. The zero-order valence-electron chi connectivity index (χ0n) is 12.5. The molecule has 8 nitrogen and oxygen atoms in total. The van der Waals surface area contributed by atoms with Crippen LogP contribution >= 0.6 is 0 Å². The lowest BCUT2D eigenvalue weighted by atomic mass is 10.2. The lowest BCUT2D eigenvalue weighted by Crippen LogP contribution is -2.15. The highest BCUT2D eigenvalue weighted by Crippen LogP contribution is 2.19. The lowest BCUT2D eigenvalue weighted by Gasteiger charge is -2.08. The van der Waals surface area contributed by atoms with Crippen molar-refractivity contribution in [1.82, 2.24) is 4.98 Å². The van der Waals surface area contributed by atoms with Crippen molar-refractivity contribution >= 4 is 29.0 Å². The number of nitrogens with one attached hydrogen (secondary N) is 2. The average molecular weight is 314 g/mol. The van der Waals surface area contributed by atoms with Gasteiger partial charge in [-0.3, -0.25) is 19.7 Å². The fourth-order valence-electron chi connectivity index (χ4n) is 1.91. The highest BCUT2D eigenvalue weighted by atomic mass is 16.6. The van der Waals surface area contributed by atoms with Crippen molar-refractivity contribution in [2.24, 2.45) is 0 Å². The molecule has 118 valence electrons. The van der Waals surface area contributed by atoms with Crippen molar-refractivity contribution in [2.75, 3.05) is 10.6 Å². The molecule has 0 spiro atoms. The Kier molecular flexibility index (Phi) is 4.65. The highest BCUT2D eigenvalue weighted by molar-refractivity contribution is 6.05. The van der Waals surface area contributed by atoms with E-state index in [1.165, 1.54) is 19.1 Å². The van der Waals surface area contributed by atoms with Crippen LogP contribution in [0.15, 0.2) is 36.5 Å². The van der Waals surface area contributed by atoms with Crippen LogP contribution < -0.4 is 10.6 Å². The molecule has 8 heteroatoms. The number of anilines is 2. The van der Waals surface area contributed by atoms with Crippen molar-refractivity contribution in [1.29, 1.82) is 0 Å². The van der Waals surface area contributed by atoms with Crippen LogP contribution in [0.4, 0.5) is 17.2 Å². The monoisotopic (exact) mass is 314 g/mol. The summed E-state index contributed by atoms with van der Waals surface area (Å²) < 4.78 is 0. The Morgan fingerprint density at radius 2 is 1.96 bits per heavy atom. The van der Waals surface area contributed by atoms with Gasteiger partial charge in [0.05, 0.1) is 4.92 Å². The van der Waals surface area contributed by atoms with Gasteiger partial charge in [0.2, 0.25) is 5.91 Å². The average Bonchev–Trinajstić information content (AvgIpc) is 2.48. The van der Waals surface area contributed by atoms with Crippen molar-refractivity contribution in [3.05, 3.63) is 57.8 Å². The topological polar surface area (TPSA) is 114 Å². The molecule has 2 rings (SSSR count). The van der Waals surface area contributed by atoms with Crippen molar-refractivity contribution in [3.8, 4) is 0 Å². The Hall–Kier alpha value is -3.29. The number of aryl methyl sites for hydroxylation is 1. The molecule has 1 heterocycles. The molecule has 0 radical (unpaired) electrons. The number of amides is 2. The first-order valence-electron chi connectivity index (χ1n) is 6.67. The molecule has 0 atom stereocenters. The van der Waals surface area contributed by atoms with Crippen molar-refractivity contribution in [3.63, 3.8) is 0 Å². The molecule has 2 amide bonds. The van der Waals surface area contributed by atoms with Gasteiger partial charge in [0, 0.05) is 24.2 Å². The van der Waals surface area contributed by atoms with Crippen LogP contribution in [0, 0.1) is 17.0 Å². The molecule has 0 aliphatic rings. The Labute approximate surface area is 131 Å². The first-order valence-corrected chi connectivity index (χ1v) is 6.67. The Balaban J connectivity index is 2.19. The molecule has 1 aromatic carbocycles. The minimum absolute atomic E-state index is 0.145. The molecule has 0 aliphatic carbocycles. The second-order valence-electron chi connectivity index (χ2n) is 4.83. The summed E-state index contributed by atoms with van der Waals surface area (Å²) in [7, 11) is 0. The summed E-state index contributed by atoms with van der Waals surface area (Å²) in [4.78, 5) is 37.3. The second kappa shape index (κ2) is 6.65. The van der Waals surface area contributed by atoms with E-state index in [0.717, 1.165) is 6.20 Å². The fourth-order valence-corrected chi connectivity index (χ4v) is 1.91. The van der Waals surface area contributed by atoms with E-state index >= 15 is 0 Å². The van der Waals surface area contributed by atoms with Crippen LogP contribution in [0.2, 0.25) is 0 Å². The molecule has 0 bridgehead atoms. The van der Waals surface area contributed by atoms with E-state index in [1.807, 2.05) is 0 Å². The molecule has 23 heavy (non-hydrogen) atoms. The molecule has 0 saturated heterocycles. The quantitative estimate of drug-likeness (QED) is 0.664. The number of carbonyl (C=O) groups excluding carboxylic acids is 2. The Bertz CT molecular complexity index is 789. The van der Waals surface area contributed by atoms with E-state index in [0.29, 0.717) is 16.8 Å². The first kappa shape index (κ1) is 16.1. The molecular weight excluding hydrogens is 300 g/mol. The van der Waals surface area contributed by atoms with Crippen LogP contribution in [0.3, 0.4) is 0 Å². The van der Waals surface area contributed by atoms with Gasteiger partial charge in [-0.05, 0) is 30.7 Å². The number of nitro groups is 1. The van der Waals surface area contributed by atoms with E-state index in [4.69, 9.17) is 0 Å². The molecular formula is C15H14N4O4. The van der Waals surface area contributed by atoms with Gasteiger partial charge >= 0.3 is 0 Å². The number of pyridine rings is 1. The third-order valence-electron chi connectivity index (χ3n) is 2.95. The van der Waals surface area contributed by atoms with Crippen LogP contribution in [-0.4, -0.2) is 21.7 Å². The van der Waals surface area contributed by atoms with Crippen LogP contribution in [0.1, 0.15) is 22.8 Å². The predicted octanol–water partition coefficient (Wildman–Crippen LogP) is 2.51. The highest BCUT2D eigenvalue weighted by Gasteiger charge is 2.13. The SMILES string of the molecule is CC(=O)Nc1cccc(C(=O)Nc2ncc([N+](=O)[O-])cc2C)c1. The molecule has 0 aliphatic heterocycles. The van der Waals surface area contributed by atoms with Crippen LogP contribution in [0.25, 0.3) is 0 Å². The maximum absolute atomic E-state index is 12.2. The third-order valence-corrected chi connectivity index (χ3v) is 2.95. The third kappa shape index (κ3) is 4.10. The number of rotatable bonds is 4. The van der Waals surface area contributed by atoms with Gasteiger partial charge in [-0.25, -0.2) is 4.98 Å². The smallest absolute Gasteiger partial charge is 0.287 e. The zero-order valence-corrected chi connectivity index (χ0v) is 12.5. The maximum Gasteiger partial charge on any atom is 0.287 e. The van der Waals surface area contributed by atoms with E-state index < -0.39 is 10.8 Å². The Morgan fingerprint density at radius 3 is 2.57 bits per heavy atom. The minimum atomic E-state index is -0.553. The summed E-state index contributed by atoms with van der Waals surface area (Å²) in [5.41, 5.74) is 1.16. The number of benzene rings is 1. The maximum atomic E-state index is 12.2. The number of aromatic nitrogens is 1. The lowest BCUT2D eigenvalue weighted by molar-refractivity contribution is -0.385. The zero-order chi connectivity index (χ0) is 17.0. The fraction of sp³-hybridized carbons (Fsp3) is 0.133. The van der Waals surface area contributed by atoms with Gasteiger partial charge < -0.3 is 10.6 Å². The summed E-state index contributed by atoms with van der Waals surface area (Å²) in [6.07, 6.45) is 1.08. The van der Waals surface area contributed by atoms with Crippen molar-refractivity contribution in [2.45, 2.75) is 13.8 Å². The molecule has 0 unspecified atom stereocenters. The molecule has 2 aromatic rings. The largest absolute Gasteiger partial charge is 0.326 e. The molecule has 1 aromatic heterocycles. The standard InChI is InChI=1S/C15H14N4O4/c1-9-6-13(19(22)23)8-16-14(9)18-15(21)11-4-3-5-12(7-11)17-10(2)20/h3-8H,1-2H3,(H,17,20)(H,16,18,21). The first-order chi connectivity index (χ1) is 10.9. The number of hydrogen-bond acceptors (Lipinski definition) is 5. The summed E-state index contributed by atoms with van der Waals surface area (Å²) in [6.45, 7) is 2.99. The molecule has 0 fully saturated rings. The second-order valence-corrected chi connectivity index (χ2v) is 4.83. The molecule has 2 N–H and O–H groups in total. The molecule has 0 saturated carbocycles. The van der Waals surface area contributed by atoms with E-state index in [1.54, 1.807) is 25.1 Å². The number of hydrogen-bond donors (Lipinski definition) is 2. The van der Waals surface area contributed by atoms with E-state index in [2.05, 4.69) is 15.6 Å². The summed E-state index contributed by atoms with van der Waals surface area (Å²) in [5.74, 6) is -0.428. The van der Waals surface area contributed by atoms with Crippen LogP contribution in [-0.2, 0) is 4.79 Å².